The molecule has 0 aliphatic heterocycles. The van der Waals surface area contributed by atoms with E-state index in [1.54, 1.807) is 0 Å². The third kappa shape index (κ3) is 3.56. The van der Waals surface area contributed by atoms with Crippen LogP contribution in [0.4, 0.5) is 4.39 Å². The highest BCUT2D eigenvalue weighted by molar-refractivity contribution is 5.95. The lowest BCUT2D eigenvalue weighted by atomic mass is 10.1. The van der Waals surface area contributed by atoms with Gasteiger partial charge in [-0.2, -0.15) is 4.39 Å². The Labute approximate surface area is 122 Å². The highest BCUT2D eigenvalue weighted by Gasteiger charge is 2.20. The van der Waals surface area contributed by atoms with Gasteiger partial charge in [0.2, 0.25) is 11.7 Å². The van der Waals surface area contributed by atoms with Crippen LogP contribution in [-0.2, 0) is 4.74 Å². The number of carbonyl (C=O) groups is 1. The molecule has 5 heteroatoms. The monoisotopic (exact) mass is 286 g/mol. The minimum Gasteiger partial charge on any atom is -0.361 e. The van der Waals surface area contributed by atoms with E-state index in [-0.39, 0.29) is 30.7 Å². The van der Waals surface area contributed by atoms with E-state index in [2.05, 4.69) is 11.0 Å². The first kappa shape index (κ1) is 14.9. The van der Waals surface area contributed by atoms with Crippen molar-refractivity contribution >= 4 is 5.78 Å². The van der Waals surface area contributed by atoms with Crippen LogP contribution in [0.5, 0.6) is 0 Å². The summed E-state index contributed by atoms with van der Waals surface area (Å²) in [5, 5.41) is 3.77. The largest absolute Gasteiger partial charge is 0.361 e. The fourth-order valence-corrected chi connectivity index (χ4v) is 2.02. The number of nitrogens with zero attached hydrogens (tertiary/aromatic N) is 2. The maximum Gasteiger partial charge on any atom is 0.233 e. The number of aromatic nitrogens is 2. The summed E-state index contributed by atoms with van der Waals surface area (Å²) in [6.45, 7) is 1.69. The van der Waals surface area contributed by atoms with E-state index in [0.29, 0.717) is 0 Å². The number of ether oxygens (including phenoxy) is 1. The summed E-state index contributed by atoms with van der Waals surface area (Å²) in [4.78, 5) is 12.1. The number of ketones is 1. The molecule has 2 rings (SSSR count). The number of carbonyl (C=O) groups excluding carboxylic acids is 1. The third-order valence-electron chi connectivity index (χ3n) is 3.06. The summed E-state index contributed by atoms with van der Waals surface area (Å²) in [6.07, 6.45) is 5.05. The maximum absolute atomic E-state index is 13.5. The molecule has 0 spiro atoms. The van der Waals surface area contributed by atoms with E-state index in [1.165, 1.54) is 4.68 Å². The Kier molecular flexibility index (Phi) is 4.85. The van der Waals surface area contributed by atoms with Crippen LogP contribution in [0, 0.1) is 18.3 Å². The molecule has 1 heterocycles. The van der Waals surface area contributed by atoms with Gasteiger partial charge in [0.15, 0.2) is 0 Å². The molecule has 0 aliphatic carbocycles. The van der Waals surface area contributed by atoms with E-state index in [4.69, 9.17) is 11.2 Å². The first-order chi connectivity index (χ1) is 10.1. The molecule has 2 aromatic rings. The molecule has 0 amide bonds. The molecule has 1 atom stereocenters. The summed E-state index contributed by atoms with van der Waals surface area (Å²) in [6, 6.07) is 10.3. The minimum atomic E-state index is -0.696. The normalized spacial score (nSPS) is 11.9. The van der Waals surface area contributed by atoms with Crippen LogP contribution in [0.25, 0.3) is 0 Å². The Morgan fingerprint density at radius 2 is 2.19 bits per heavy atom. The Hall–Kier alpha value is -2.45. The lowest BCUT2D eigenvalue weighted by Crippen LogP contribution is -2.18. The van der Waals surface area contributed by atoms with Crippen molar-refractivity contribution in [1.82, 2.24) is 9.78 Å². The Morgan fingerprint density at radius 1 is 1.48 bits per heavy atom. The number of hydrogen-bond donors (Lipinski definition) is 0. The van der Waals surface area contributed by atoms with Crippen LogP contribution in [0.2, 0.25) is 0 Å². The predicted molar refractivity (Wildman–Crippen MR) is 76.4 cm³/mol. The number of Topliss-reactive ketones (excluding diaryl/α,β-unsaturated/α-hetero) is 1. The van der Waals surface area contributed by atoms with Gasteiger partial charge in [0, 0.05) is 6.07 Å². The molecule has 0 saturated carbocycles. The van der Waals surface area contributed by atoms with Crippen LogP contribution in [-0.4, -0.2) is 28.8 Å². The third-order valence-corrected chi connectivity index (χ3v) is 3.06. The Bertz CT molecular complexity index is 659. The highest BCUT2D eigenvalue weighted by atomic mass is 19.1. The topological polar surface area (TPSA) is 44.1 Å². The fourth-order valence-electron chi connectivity index (χ4n) is 2.02. The van der Waals surface area contributed by atoms with Gasteiger partial charge in [0.05, 0.1) is 6.04 Å². The van der Waals surface area contributed by atoms with Gasteiger partial charge in [-0.15, -0.1) is 11.5 Å². The van der Waals surface area contributed by atoms with E-state index in [0.717, 1.165) is 11.6 Å². The molecule has 0 bridgehead atoms. The molecule has 0 unspecified atom stereocenters. The first-order valence-corrected chi connectivity index (χ1v) is 6.48. The summed E-state index contributed by atoms with van der Waals surface area (Å²) >= 11 is 0. The Balaban J connectivity index is 2.24. The van der Waals surface area contributed by atoms with Crippen LogP contribution in [0.1, 0.15) is 29.0 Å². The van der Waals surface area contributed by atoms with Gasteiger partial charge < -0.3 is 4.74 Å². The number of benzene rings is 1. The molecule has 4 nitrogen and oxygen atoms in total. The molecule has 108 valence electrons. The lowest BCUT2D eigenvalue weighted by Gasteiger charge is -2.15. The van der Waals surface area contributed by atoms with Crippen LogP contribution < -0.4 is 0 Å². The molecule has 0 fully saturated rings. The van der Waals surface area contributed by atoms with Crippen molar-refractivity contribution < 1.29 is 13.9 Å². The zero-order chi connectivity index (χ0) is 15.2. The second kappa shape index (κ2) is 6.82. The number of halogens is 1. The van der Waals surface area contributed by atoms with Crippen LogP contribution >= 0.6 is 0 Å². The van der Waals surface area contributed by atoms with Crippen LogP contribution in [0.15, 0.2) is 36.4 Å². The second-order valence-corrected chi connectivity index (χ2v) is 4.50. The molecule has 0 saturated heterocycles. The fraction of sp³-hybridized carbons (Fsp3) is 0.250. The van der Waals surface area contributed by atoms with Crippen molar-refractivity contribution in [1.29, 1.82) is 0 Å². The molecule has 0 N–H and O–H groups in total. The van der Waals surface area contributed by atoms with Gasteiger partial charge in [0.1, 0.15) is 18.9 Å². The Morgan fingerprint density at radius 3 is 2.86 bits per heavy atom. The average Bonchev–Trinajstić information content (AvgIpc) is 2.89. The molecule has 0 radical (unpaired) electrons. The number of rotatable bonds is 6. The van der Waals surface area contributed by atoms with Crippen molar-refractivity contribution in [3.05, 3.63) is 53.6 Å². The predicted octanol–water partition coefficient (Wildman–Crippen LogP) is 2.46. The first-order valence-electron chi connectivity index (χ1n) is 6.48. The molecular formula is C16H15FN2O2. The lowest BCUT2D eigenvalue weighted by molar-refractivity contribution is 0.0800. The standard InChI is InChI=1S/C16H15FN2O2/c1-3-9-21-11-15(20)14-10-16(17)18-19(14)12(2)13-7-5-4-6-8-13/h1,4-8,10,12H,9,11H2,2H3/t12-/m1/s1. The summed E-state index contributed by atoms with van der Waals surface area (Å²) < 4.78 is 19.8. The summed E-state index contributed by atoms with van der Waals surface area (Å²) in [7, 11) is 0. The summed E-state index contributed by atoms with van der Waals surface area (Å²) in [5.41, 5.74) is 1.10. The van der Waals surface area contributed by atoms with Crippen molar-refractivity contribution in [2.45, 2.75) is 13.0 Å². The van der Waals surface area contributed by atoms with Gasteiger partial charge in [-0.25, -0.2) is 0 Å². The van der Waals surface area contributed by atoms with Crippen molar-refractivity contribution in [3.63, 3.8) is 0 Å². The molecule has 1 aromatic heterocycles. The van der Waals surface area contributed by atoms with Crippen molar-refractivity contribution in [2.75, 3.05) is 13.2 Å². The van der Waals surface area contributed by atoms with Gasteiger partial charge in [-0.05, 0) is 12.5 Å². The van der Waals surface area contributed by atoms with E-state index < -0.39 is 5.95 Å². The molecule has 21 heavy (non-hydrogen) atoms. The number of hydrogen-bond acceptors (Lipinski definition) is 3. The highest BCUT2D eigenvalue weighted by Crippen LogP contribution is 2.20. The minimum absolute atomic E-state index is 0.0383. The van der Waals surface area contributed by atoms with E-state index in [9.17, 15) is 9.18 Å². The summed E-state index contributed by atoms with van der Waals surface area (Å²) in [5.74, 6) is 1.22. The quantitative estimate of drug-likeness (QED) is 0.465. The van der Waals surface area contributed by atoms with E-state index in [1.807, 2.05) is 37.3 Å². The smallest absolute Gasteiger partial charge is 0.233 e. The second-order valence-electron chi connectivity index (χ2n) is 4.50. The molecule has 0 aliphatic rings. The van der Waals surface area contributed by atoms with Gasteiger partial charge in [-0.1, -0.05) is 36.3 Å². The maximum atomic E-state index is 13.5. The molecule has 1 aromatic carbocycles. The van der Waals surface area contributed by atoms with Crippen molar-refractivity contribution in [2.24, 2.45) is 0 Å². The zero-order valence-electron chi connectivity index (χ0n) is 11.6. The van der Waals surface area contributed by atoms with Gasteiger partial charge in [-0.3, -0.25) is 9.48 Å². The number of terminal acetylenes is 1. The van der Waals surface area contributed by atoms with E-state index >= 15 is 0 Å². The van der Waals surface area contributed by atoms with Crippen molar-refractivity contribution in [3.8, 4) is 12.3 Å². The molecular weight excluding hydrogens is 271 g/mol. The zero-order valence-corrected chi connectivity index (χ0v) is 11.6. The van der Waals surface area contributed by atoms with Gasteiger partial charge >= 0.3 is 0 Å². The SMILES string of the molecule is C#CCOCC(=O)c1cc(F)nn1[C@H](C)c1ccccc1. The van der Waals surface area contributed by atoms with Gasteiger partial charge in [0.25, 0.3) is 0 Å². The average molecular weight is 286 g/mol. The van der Waals surface area contributed by atoms with Crippen LogP contribution in [0.3, 0.4) is 0 Å².